The number of rotatable bonds is 6. The first-order valence-electron chi connectivity index (χ1n) is 10.7. The molecule has 4 aromatic rings. The van der Waals surface area contributed by atoms with Crippen molar-refractivity contribution < 1.29 is 40.6 Å². The second-order valence-corrected chi connectivity index (χ2v) is 6.57. The van der Waals surface area contributed by atoms with Crippen LogP contribution in [0.5, 0.6) is 0 Å². The average molecular weight is 648 g/mol. The minimum absolute atomic E-state index is 0. The van der Waals surface area contributed by atoms with Gasteiger partial charge in [-0.15, -0.1) is 0 Å². The van der Waals surface area contributed by atoms with Gasteiger partial charge in [-0.25, -0.2) is 0 Å². The quantitative estimate of drug-likeness (QED) is 0.0954. The van der Waals surface area contributed by atoms with E-state index in [9.17, 15) is 0 Å². The molecule has 6 N–H and O–H groups in total. The van der Waals surface area contributed by atoms with Crippen LogP contribution in [-0.4, -0.2) is 55.0 Å². The topological polar surface area (TPSA) is 299 Å². The Morgan fingerprint density at radius 3 is 0.814 bits per heavy atom. The molecule has 0 aliphatic carbocycles. The molecule has 43 heavy (non-hydrogen) atoms. The molecule has 0 saturated carbocycles. The number of nitrogens with zero attached hydrogens (tertiary/aromatic N) is 10. The van der Waals surface area contributed by atoms with Gasteiger partial charge in [0.05, 0.1) is 35.0 Å². The van der Waals surface area contributed by atoms with E-state index in [1.54, 1.807) is 74.4 Å². The fourth-order valence-electron chi connectivity index (χ4n) is 2.21. The van der Waals surface area contributed by atoms with Gasteiger partial charge >= 0.3 is 19.5 Å². The third kappa shape index (κ3) is 26.2. The molecule has 0 atom stereocenters. The van der Waals surface area contributed by atoms with Crippen molar-refractivity contribution in [3.63, 3.8) is 0 Å². The van der Waals surface area contributed by atoms with Gasteiger partial charge in [-0.2, -0.15) is 20.4 Å². The van der Waals surface area contributed by atoms with Crippen LogP contribution in [0, 0.1) is 30.6 Å². The van der Waals surface area contributed by atoms with E-state index in [0.717, 1.165) is 22.3 Å². The maximum Gasteiger partial charge on any atom is 2.00 e. The molecule has 0 fully saturated rings. The van der Waals surface area contributed by atoms with Crippen LogP contribution >= 0.6 is 0 Å². The van der Waals surface area contributed by atoms with Crippen molar-refractivity contribution in [2.24, 2.45) is 20.4 Å². The monoisotopic (exact) mass is 646 g/mol. The van der Waals surface area contributed by atoms with Crippen LogP contribution in [0.15, 0.2) is 119 Å². The van der Waals surface area contributed by atoms with Crippen molar-refractivity contribution in [3.8, 4) is 0 Å². The van der Waals surface area contributed by atoms with E-state index in [-0.39, 0.29) is 30.4 Å². The van der Waals surface area contributed by atoms with Crippen LogP contribution in [0.2, 0.25) is 0 Å². The predicted octanol–water partition coefficient (Wildman–Crippen LogP) is 1.53. The van der Waals surface area contributed by atoms with E-state index < -0.39 is 10.2 Å². The van der Waals surface area contributed by atoms with Crippen LogP contribution < -0.4 is 0 Å². The number of aromatic nitrogens is 4. The second-order valence-electron chi connectivity index (χ2n) is 6.57. The molecule has 0 aliphatic heterocycles. The average Bonchev–Trinajstić information content (AvgIpc) is 2.96. The first-order chi connectivity index (χ1) is 19.4. The molecule has 0 aliphatic rings. The Balaban J connectivity index is -0.000000565. The Hall–Kier alpha value is -5.78. The summed E-state index contributed by atoms with van der Waals surface area (Å²) in [5.74, 6) is 0. The SMILES string of the molecule is C(=N\N=C\c1cccnc1)/c1cccnc1.C(=N\N=C\c1cccnc1)/c1cccnc1.O=[N+]([O-])[O-].O=[N+]([O-])[O-].[OH3+].[OH3+].[Zn+2]. The van der Waals surface area contributed by atoms with E-state index in [2.05, 4.69) is 40.3 Å². The third-order valence-corrected chi connectivity index (χ3v) is 3.70. The Kier molecular flexibility index (Phi) is 26.9. The van der Waals surface area contributed by atoms with Crippen molar-refractivity contribution in [1.29, 1.82) is 0 Å². The molecule has 19 heteroatoms. The first-order valence-corrected chi connectivity index (χ1v) is 10.7. The molecule has 0 radical (unpaired) electrons. The third-order valence-electron chi connectivity index (χ3n) is 3.70. The molecule has 0 saturated heterocycles. The number of hydrogen-bond acceptors (Lipinski definition) is 14. The maximum absolute atomic E-state index is 8.25. The number of hydrogen-bond donors (Lipinski definition) is 0. The zero-order valence-electron chi connectivity index (χ0n) is 22.3. The zero-order valence-corrected chi connectivity index (χ0v) is 25.3. The van der Waals surface area contributed by atoms with Gasteiger partial charge in [0.1, 0.15) is 0 Å². The molecular formula is C24H26N10O8Zn+2. The Labute approximate surface area is 256 Å². The van der Waals surface area contributed by atoms with Crippen LogP contribution in [0.25, 0.3) is 0 Å². The van der Waals surface area contributed by atoms with Gasteiger partial charge in [0.15, 0.2) is 0 Å². The summed E-state index contributed by atoms with van der Waals surface area (Å²) in [4.78, 5) is 32.4. The van der Waals surface area contributed by atoms with Gasteiger partial charge in [-0.3, -0.25) is 19.9 Å². The molecule has 0 aromatic carbocycles. The maximum atomic E-state index is 8.25. The summed E-state index contributed by atoms with van der Waals surface area (Å²) in [7, 11) is 0. The standard InChI is InChI=1S/2C12H10N4.2NO3.2H2O.Zn/c2*1-3-11(7-13-5-1)9-15-16-10-12-4-2-6-14-8-12;2*2-1(3)4;;;/h2*1-10H;;;2*1H2;/q;;2*-1;;;+2/p+2/b2*15-9+,16-10+;;;;;. The molecule has 4 aromatic heterocycles. The number of pyridine rings is 4. The van der Waals surface area contributed by atoms with Crippen molar-refractivity contribution in [2.75, 3.05) is 0 Å². The minimum atomic E-state index is -1.75. The summed E-state index contributed by atoms with van der Waals surface area (Å²) < 4.78 is 0. The summed E-state index contributed by atoms with van der Waals surface area (Å²) in [5.41, 5.74) is 3.69. The minimum Gasteiger partial charge on any atom is -0.457 e. The summed E-state index contributed by atoms with van der Waals surface area (Å²) in [6.45, 7) is 0. The van der Waals surface area contributed by atoms with Crippen LogP contribution in [-0.2, 0) is 30.4 Å². The normalized spacial score (nSPS) is 9.49. The van der Waals surface area contributed by atoms with Gasteiger partial charge in [-0.05, 0) is 24.3 Å². The van der Waals surface area contributed by atoms with E-state index >= 15 is 0 Å². The summed E-state index contributed by atoms with van der Waals surface area (Å²) in [6, 6.07) is 15.1. The van der Waals surface area contributed by atoms with Gasteiger partial charge < -0.3 is 41.6 Å². The van der Waals surface area contributed by atoms with E-state index in [0.29, 0.717) is 0 Å². The Morgan fingerprint density at radius 1 is 0.488 bits per heavy atom. The molecule has 0 spiro atoms. The molecule has 0 bridgehead atoms. The van der Waals surface area contributed by atoms with Gasteiger partial charge in [-0.1, -0.05) is 24.3 Å². The summed E-state index contributed by atoms with van der Waals surface area (Å²) in [5, 5.41) is 45.2. The summed E-state index contributed by atoms with van der Waals surface area (Å²) in [6.07, 6.45) is 20.4. The first kappa shape index (κ1) is 41.7. The van der Waals surface area contributed by atoms with E-state index in [4.69, 9.17) is 30.6 Å². The van der Waals surface area contributed by atoms with Crippen LogP contribution in [0.3, 0.4) is 0 Å². The predicted molar refractivity (Wildman–Crippen MR) is 158 cm³/mol. The zero-order chi connectivity index (χ0) is 29.3. The van der Waals surface area contributed by atoms with Crippen molar-refractivity contribution in [1.82, 2.24) is 19.9 Å². The fourth-order valence-corrected chi connectivity index (χ4v) is 2.21. The van der Waals surface area contributed by atoms with Gasteiger partial charge in [0.2, 0.25) is 0 Å². The smallest absolute Gasteiger partial charge is 0.457 e. The fraction of sp³-hybridized carbons (Fsp3) is 0. The van der Waals surface area contributed by atoms with E-state index in [1.807, 2.05) is 48.5 Å². The van der Waals surface area contributed by atoms with Gasteiger partial charge in [0.25, 0.3) is 0 Å². The van der Waals surface area contributed by atoms with Crippen molar-refractivity contribution in [3.05, 3.63) is 151 Å². The molecule has 4 heterocycles. The van der Waals surface area contributed by atoms with Crippen LogP contribution in [0.1, 0.15) is 22.3 Å². The molecule has 18 nitrogen and oxygen atoms in total. The largest absolute Gasteiger partial charge is 2.00 e. The summed E-state index contributed by atoms with van der Waals surface area (Å²) >= 11 is 0. The molecule has 0 amide bonds. The van der Waals surface area contributed by atoms with Crippen molar-refractivity contribution in [2.45, 2.75) is 0 Å². The Bertz CT molecular complexity index is 1160. The van der Waals surface area contributed by atoms with Crippen molar-refractivity contribution >= 4 is 24.9 Å². The van der Waals surface area contributed by atoms with Crippen LogP contribution in [0.4, 0.5) is 0 Å². The van der Waals surface area contributed by atoms with E-state index in [1.165, 1.54) is 0 Å². The second kappa shape index (κ2) is 27.8. The van der Waals surface area contributed by atoms with Gasteiger partial charge in [0, 0.05) is 71.8 Å². The Morgan fingerprint density at radius 2 is 0.674 bits per heavy atom. The molecular weight excluding hydrogens is 622 g/mol. The molecule has 4 rings (SSSR count). The molecule has 220 valence electrons. The molecule has 0 unspecified atom stereocenters.